The Bertz CT molecular complexity index is 781. The Kier molecular flexibility index (Phi) is 4.62. The molecule has 0 aliphatic carbocycles. The number of amides is 1. The van der Waals surface area contributed by atoms with Crippen LogP contribution < -0.4 is 9.64 Å². The number of halogens is 1. The maximum atomic E-state index is 12.3. The summed E-state index contributed by atoms with van der Waals surface area (Å²) in [5.74, 6) is 0.649. The van der Waals surface area contributed by atoms with Gasteiger partial charge in [0.25, 0.3) is 5.91 Å². The first-order valence-corrected chi connectivity index (χ1v) is 9.39. The molecule has 25 heavy (non-hydrogen) atoms. The van der Waals surface area contributed by atoms with Gasteiger partial charge in [0.2, 0.25) is 0 Å². The second-order valence-corrected chi connectivity index (χ2v) is 7.19. The van der Waals surface area contributed by atoms with Gasteiger partial charge < -0.3 is 19.3 Å². The fourth-order valence-electron chi connectivity index (χ4n) is 3.21. The molecule has 0 radical (unpaired) electrons. The maximum absolute atomic E-state index is 12.3. The highest BCUT2D eigenvalue weighted by Crippen LogP contribution is 2.45. The van der Waals surface area contributed by atoms with Crippen LogP contribution in [0.5, 0.6) is 5.75 Å². The lowest BCUT2D eigenvalue weighted by molar-refractivity contribution is -0.121. The van der Waals surface area contributed by atoms with Crippen molar-refractivity contribution in [1.82, 2.24) is 4.90 Å². The van der Waals surface area contributed by atoms with E-state index in [2.05, 4.69) is 15.3 Å². The number of aliphatic imine (C=N–C) groups is 1. The van der Waals surface area contributed by atoms with Crippen LogP contribution in [0, 0.1) is 0 Å². The summed E-state index contributed by atoms with van der Waals surface area (Å²) in [4.78, 5) is 20.7. The van der Waals surface area contributed by atoms with Crippen molar-refractivity contribution in [2.45, 2.75) is 6.42 Å². The van der Waals surface area contributed by atoms with Gasteiger partial charge in [0.05, 0.1) is 17.9 Å². The second kappa shape index (κ2) is 6.90. The highest BCUT2D eigenvalue weighted by molar-refractivity contribution is 8.16. The van der Waals surface area contributed by atoms with Crippen molar-refractivity contribution >= 4 is 45.8 Å². The van der Waals surface area contributed by atoms with Crippen molar-refractivity contribution in [3.8, 4) is 5.75 Å². The van der Waals surface area contributed by atoms with E-state index in [0.29, 0.717) is 23.9 Å². The topological polar surface area (TPSA) is 54.4 Å². The molecule has 1 amide bonds. The molecule has 8 heteroatoms. The minimum atomic E-state index is -0.0602. The van der Waals surface area contributed by atoms with E-state index in [1.54, 1.807) is 29.8 Å². The molecule has 0 fully saturated rings. The van der Waals surface area contributed by atoms with Gasteiger partial charge in [0.15, 0.2) is 17.5 Å². The molecule has 0 aromatic heterocycles. The van der Waals surface area contributed by atoms with Crippen LogP contribution in [0.2, 0.25) is 5.02 Å². The Hall–Kier alpha value is -1.70. The van der Waals surface area contributed by atoms with Crippen molar-refractivity contribution in [2.24, 2.45) is 4.99 Å². The second-order valence-electron chi connectivity index (χ2n) is 5.92. The molecule has 0 saturated carbocycles. The van der Waals surface area contributed by atoms with Crippen LogP contribution in [0.25, 0.3) is 5.70 Å². The Morgan fingerprint density at radius 2 is 2.32 bits per heavy atom. The standard InChI is InChI=1S/C17H18ClN3O3S/c1-23-6-2-4-20-13-8-11(18)7-12(16(13)24-9-15(20)22)14-10-25-17-19-3-5-21(14)17/h7-8,10H,2-6,9H2,1H3. The van der Waals surface area contributed by atoms with E-state index >= 15 is 0 Å². The molecule has 0 saturated heterocycles. The molecule has 1 aromatic carbocycles. The van der Waals surface area contributed by atoms with Gasteiger partial charge in [-0.1, -0.05) is 23.4 Å². The predicted octanol–water partition coefficient (Wildman–Crippen LogP) is 2.82. The van der Waals surface area contributed by atoms with Gasteiger partial charge in [-0.2, -0.15) is 0 Å². The largest absolute Gasteiger partial charge is 0.481 e. The zero-order chi connectivity index (χ0) is 17.4. The van der Waals surface area contributed by atoms with Crippen molar-refractivity contribution in [3.05, 3.63) is 28.1 Å². The van der Waals surface area contributed by atoms with Gasteiger partial charge in [-0.3, -0.25) is 9.79 Å². The number of methoxy groups -OCH3 is 1. The third-order valence-corrected chi connectivity index (χ3v) is 5.46. The summed E-state index contributed by atoms with van der Waals surface area (Å²) in [6, 6.07) is 3.70. The molecule has 0 N–H and O–H groups in total. The molecule has 0 atom stereocenters. The van der Waals surface area contributed by atoms with Crippen molar-refractivity contribution < 1.29 is 14.3 Å². The van der Waals surface area contributed by atoms with Gasteiger partial charge >= 0.3 is 0 Å². The minimum Gasteiger partial charge on any atom is -0.481 e. The zero-order valence-corrected chi connectivity index (χ0v) is 15.4. The molecular weight excluding hydrogens is 362 g/mol. The van der Waals surface area contributed by atoms with E-state index in [-0.39, 0.29) is 12.5 Å². The van der Waals surface area contributed by atoms with E-state index in [9.17, 15) is 4.79 Å². The number of hydrogen-bond donors (Lipinski definition) is 0. The number of ether oxygens (including phenoxy) is 2. The van der Waals surface area contributed by atoms with Gasteiger partial charge in [0, 0.05) is 42.8 Å². The molecule has 1 aromatic rings. The molecular formula is C17H18ClN3O3S. The van der Waals surface area contributed by atoms with Crippen LogP contribution in [0.3, 0.4) is 0 Å². The summed E-state index contributed by atoms with van der Waals surface area (Å²) in [6.45, 7) is 2.86. The normalized spacial score (nSPS) is 18.7. The number of fused-ring (bicyclic) bond motifs is 2. The van der Waals surface area contributed by atoms with Gasteiger partial charge in [-0.05, 0) is 18.6 Å². The fourth-order valence-corrected chi connectivity index (χ4v) is 4.38. The summed E-state index contributed by atoms with van der Waals surface area (Å²) in [7, 11) is 1.66. The lowest BCUT2D eigenvalue weighted by Gasteiger charge is -2.32. The minimum absolute atomic E-state index is 0.0377. The number of amidine groups is 1. The summed E-state index contributed by atoms with van der Waals surface area (Å²) < 4.78 is 10.9. The molecule has 0 bridgehead atoms. The van der Waals surface area contributed by atoms with E-state index in [4.69, 9.17) is 21.1 Å². The molecule has 3 heterocycles. The van der Waals surface area contributed by atoms with Crippen molar-refractivity contribution in [2.75, 3.05) is 44.9 Å². The first-order chi connectivity index (χ1) is 12.2. The number of rotatable bonds is 5. The van der Waals surface area contributed by atoms with Crippen molar-refractivity contribution in [3.63, 3.8) is 0 Å². The van der Waals surface area contributed by atoms with E-state index in [1.807, 2.05) is 6.07 Å². The quantitative estimate of drug-likeness (QED) is 0.736. The van der Waals surface area contributed by atoms with E-state index in [0.717, 1.165) is 41.6 Å². The Labute approximate surface area is 155 Å². The van der Waals surface area contributed by atoms with Crippen LogP contribution in [-0.2, 0) is 9.53 Å². The number of carbonyl (C=O) groups excluding carboxylic acids is 1. The molecule has 132 valence electrons. The van der Waals surface area contributed by atoms with Crippen molar-refractivity contribution in [1.29, 1.82) is 0 Å². The highest BCUT2D eigenvalue weighted by atomic mass is 35.5. The Morgan fingerprint density at radius 3 is 3.16 bits per heavy atom. The number of thioether (sulfide) groups is 1. The lowest BCUT2D eigenvalue weighted by Crippen LogP contribution is -2.40. The summed E-state index contributed by atoms with van der Waals surface area (Å²) in [6.07, 6.45) is 0.755. The SMILES string of the molecule is COCCCN1C(=O)COc2c(C3=CSC4=NCCN34)cc(Cl)cc21. The smallest absolute Gasteiger partial charge is 0.265 e. The summed E-state index contributed by atoms with van der Waals surface area (Å²) >= 11 is 7.99. The molecule has 0 unspecified atom stereocenters. The number of anilines is 1. The molecule has 3 aliphatic heterocycles. The van der Waals surface area contributed by atoms with E-state index in [1.165, 1.54) is 0 Å². The third kappa shape index (κ3) is 3.01. The number of nitrogens with zero attached hydrogens (tertiary/aromatic N) is 3. The lowest BCUT2D eigenvalue weighted by atomic mass is 10.1. The third-order valence-electron chi connectivity index (χ3n) is 4.34. The average molecular weight is 380 g/mol. The van der Waals surface area contributed by atoms with Crippen LogP contribution in [0.1, 0.15) is 12.0 Å². The molecule has 6 nitrogen and oxygen atoms in total. The Balaban J connectivity index is 1.72. The van der Waals surface area contributed by atoms with Gasteiger partial charge in [-0.15, -0.1) is 0 Å². The van der Waals surface area contributed by atoms with Crippen LogP contribution >= 0.6 is 23.4 Å². The van der Waals surface area contributed by atoms with Gasteiger partial charge in [0.1, 0.15) is 0 Å². The molecule has 3 aliphatic rings. The zero-order valence-electron chi connectivity index (χ0n) is 13.8. The average Bonchev–Trinajstić information content (AvgIpc) is 3.19. The summed E-state index contributed by atoms with van der Waals surface area (Å²) in [5.41, 5.74) is 2.67. The first kappa shape index (κ1) is 16.8. The highest BCUT2D eigenvalue weighted by Gasteiger charge is 2.33. The van der Waals surface area contributed by atoms with Crippen LogP contribution in [0.15, 0.2) is 22.5 Å². The predicted molar refractivity (Wildman–Crippen MR) is 100 cm³/mol. The van der Waals surface area contributed by atoms with Crippen LogP contribution in [-0.4, -0.2) is 55.9 Å². The number of benzene rings is 1. The number of hydrogen-bond acceptors (Lipinski definition) is 6. The first-order valence-electron chi connectivity index (χ1n) is 8.14. The van der Waals surface area contributed by atoms with Gasteiger partial charge in [-0.25, -0.2) is 0 Å². The molecule has 0 spiro atoms. The fraction of sp³-hybridized carbons (Fsp3) is 0.412. The van der Waals surface area contributed by atoms with Crippen LogP contribution in [0.4, 0.5) is 5.69 Å². The van der Waals surface area contributed by atoms with E-state index < -0.39 is 0 Å². The summed E-state index contributed by atoms with van der Waals surface area (Å²) in [5, 5.41) is 3.66. The maximum Gasteiger partial charge on any atom is 0.265 e. The monoisotopic (exact) mass is 379 g/mol. The number of carbonyl (C=O) groups is 1. The molecule has 4 rings (SSSR count). The Morgan fingerprint density at radius 1 is 1.44 bits per heavy atom.